The number of rotatable bonds is 17. The zero-order valence-electron chi connectivity index (χ0n) is 19.4. The molecule has 1 rings (SSSR count). The van der Waals surface area contributed by atoms with E-state index >= 15 is 0 Å². The molecular formula is C27H47Cl. The lowest BCUT2D eigenvalue weighted by Gasteiger charge is -2.24. The monoisotopic (exact) mass is 406 g/mol. The molecule has 0 amide bonds. The van der Waals surface area contributed by atoms with E-state index in [1.54, 1.807) is 0 Å². The molecule has 1 aromatic carbocycles. The van der Waals surface area contributed by atoms with E-state index in [2.05, 4.69) is 45.9 Å². The van der Waals surface area contributed by atoms with Crippen molar-refractivity contribution in [2.75, 3.05) is 0 Å². The maximum Gasteiger partial charge on any atom is 0.0666 e. The van der Waals surface area contributed by atoms with Gasteiger partial charge >= 0.3 is 0 Å². The van der Waals surface area contributed by atoms with Crippen molar-refractivity contribution in [2.24, 2.45) is 0 Å². The summed E-state index contributed by atoms with van der Waals surface area (Å²) in [5.41, 5.74) is 4.23. The zero-order chi connectivity index (χ0) is 20.7. The van der Waals surface area contributed by atoms with Gasteiger partial charge in [0.1, 0.15) is 0 Å². The molecule has 0 aliphatic carbocycles. The highest BCUT2D eigenvalue weighted by atomic mass is 35.5. The van der Waals surface area contributed by atoms with Crippen molar-refractivity contribution in [1.29, 1.82) is 0 Å². The van der Waals surface area contributed by atoms with Crippen molar-refractivity contribution in [3.05, 3.63) is 34.9 Å². The standard InChI is InChI=1S/C27H47Cl/c1-5-7-8-9-10-11-12-13-14-15-16-17-18-19-21-25-22-20-23-26(24(25)3)27(4,28)6-2/h20,22-23H,5-19,21H2,1-4H3. The molecule has 0 aromatic heterocycles. The first-order valence-electron chi connectivity index (χ1n) is 12.3. The summed E-state index contributed by atoms with van der Waals surface area (Å²) in [5, 5.41) is 0. The van der Waals surface area contributed by atoms with Gasteiger partial charge in [0.25, 0.3) is 0 Å². The predicted octanol–water partition coefficient (Wildman–Crippen LogP) is 9.88. The Morgan fingerprint density at radius 1 is 0.714 bits per heavy atom. The minimum atomic E-state index is -0.227. The van der Waals surface area contributed by atoms with E-state index in [4.69, 9.17) is 11.6 Å². The largest absolute Gasteiger partial charge is 0.114 e. The molecule has 0 saturated carbocycles. The van der Waals surface area contributed by atoms with Crippen molar-refractivity contribution >= 4 is 11.6 Å². The van der Waals surface area contributed by atoms with Crippen LogP contribution in [0.15, 0.2) is 18.2 Å². The molecule has 0 aliphatic rings. The summed E-state index contributed by atoms with van der Waals surface area (Å²) in [6, 6.07) is 6.70. The lowest BCUT2D eigenvalue weighted by Crippen LogP contribution is -2.14. The van der Waals surface area contributed by atoms with Crippen molar-refractivity contribution in [2.45, 2.75) is 135 Å². The summed E-state index contributed by atoms with van der Waals surface area (Å²) in [6.07, 6.45) is 22.1. The lowest BCUT2D eigenvalue weighted by molar-refractivity contribution is 0.535. The quantitative estimate of drug-likeness (QED) is 0.178. The van der Waals surface area contributed by atoms with Gasteiger partial charge in [-0.3, -0.25) is 0 Å². The second-order valence-corrected chi connectivity index (χ2v) is 9.82. The van der Waals surface area contributed by atoms with E-state index < -0.39 is 0 Å². The molecule has 0 bridgehead atoms. The molecule has 1 unspecified atom stereocenters. The van der Waals surface area contributed by atoms with Gasteiger partial charge in [-0.2, -0.15) is 0 Å². The third-order valence-electron chi connectivity index (χ3n) is 6.47. The second-order valence-electron chi connectivity index (χ2n) is 8.99. The minimum absolute atomic E-state index is 0.227. The Kier molecular flexibility index (Phi) is 14.0. The summed E-state index contributed by atoms with van der Waals surface area (Å²) in [4.78, 5) is -0.227. The lowest BCUT2D eigenvalue weighted by atomic mass is 9.89. The van der Waals surface area contributed by atoms with Gasteiger partial charge in [-0.05, 0) is 49.8 Å². The van der Waals surface area contributed by atoms with Crippen LogP contribution < -0.4 is 0 Å². The van der Waals surface area contributed by atoms with Crippen LogP contribution in [0.5, 0.6) is 0 Å². The molecule has 1 atom stereocenters. The van der Waals surface area contributed by atoms with Crippen molar-refractivity contribution in [1.82, 2.24) is 0 Å². The highest BCUT2D eigenvalue weighted by Crippen LogP contribution is 2.35. The Labute approximate surface area is 181 Å². The maximum absolute atomic E-state index is 6.72. The van der Waals surface area contributed by atoms with Crippen LogP contribution in [-0.2, 0) is 11.3 Å². The molecule has 0 nitrogen and oxygen atoms in total. The molecule has 162 valence electrons. The van der Waals surface area contributed by atoms with Gasteiger partial charge in [0.05, 0.1) is 4.87 Å². The number of hydrogen-bond acceptors (Lipinski definition) is 0. The molecule has 0 N–H and O–H groups in total. The van der Waals surface area contributed by atoms with Gasteiger partial charge in [0, 0.05) is 0 Å². The van der Waals surface area contributed by atoms with E-state index in [-0.39, 0.29) is 4.87 Å². The number of halogens is 1. The van der Waals surface area contributed by atoms with E-state index in [9.17, 15) is 0 Å². The Bertz CT molecular complexity index is 503. The minimum Gasteiger partial charge on any atom is -0.114 e. The second kappa shape index (κ2) is 15.4. The average Bonchev–Trinajstić information content (AvgIpc) is 2.69. The zero-order valence-corrected chi connectivity index (χ0v) is 20.2. The molecular weight excluding hydrogens is 360 g/mol. The van der Waals surface area contributed by atoms with Crippen LogP contribution in [-0.4, -0.2) is 0 Å². The smallest absolute Gasteiger partial charge is 0.0666 e. The summed E-state index contributed by atoms with van der Waals surface area (Å²) in [5.74, 6) is 0. The number of alkyl halides is 1. The summed E-state index contributed by atoms with van der Waals surface area (Å²) in [7, 11) is 0. The van der Waals surface area contributed by atoms with E-state index in [1.165, 1.54) is 113 Å². The summed E-state index contributed by atoms with van der Waals surface area (Å²) >= 11 is 6.72. The first-order chi connectivity index (χ1) is 13.5. The van der Waals surface area contributed by atoms with Gasteiger partial charge < -0.3 is 0 Å². The third kappa shape index (κ3) is 10.3. The van der Waals surface area contributed by atoms with Gasteiger partial charge in [-0.15, -0.1) is 11.6 Å². The summed E-state index contributed by atoms with van der Waals surface area (Å²) < 4.78 is 0. The van der Waals surface area contributed by atoms with Gasteiger partial charge in [-0.1, -0.05) is 116 Å². The Morgan fingerprint density at radius 2 is 1.18 bits per heavy atom. The molecule has 0 radical (unpaired) electrons. The highest BCUT2D eigenvalue weighted by Gasteiger charge is 2.23. The first kappa shape index (κ1) is 25.5. The van der Waals surface area contributed by atoms with Gasteiger partial charge in [0.2, 0.25) is 0 Å². The third-order valence-corrected chi connectivity index (χ3v) is 6.94. The van der Waals surface area contributed by atoms with Crippen molar-refractivity contribution in [3.63, 3.8) is 0 Å². The number of aryl methyl sites for hydroxylation is 1. The molecule has 0 spiro atoms. The molecule has 0 aliphatic heterocycles. The van der Waals surface area contributed by atoms with Crippen LogP contribution in [0.4, 0.5) is 0 Å². The highest BCUT2D eigenvalue weighted by molar-refractivity contribution is 6.23. The number of unbranched alkanes of at least 4 members (excludes halogenated alkanes) is 13. The first-order valence-corrected chi connectivity index (χ1v) is 12.7. The Hall–Kier alpha value is -0.490. The van der Waals surface area contributed by atoms with E-state index in [0.717, 1.165) is 6.42 Å². The van der Waals surface area contributed by atoms with Gasteiger partial charge in [-0.25, -0.2) is 0 Å². The fourth-order valence-electron chi connectivity index (χ4n) is 4.22. The normalized spacial score (nSPS) is 13.6. The van der Waals surface area contributed by atoms with Gasteiger partial charge in [0.15, 0.2) is 0 Å². The SMILES string of the molecule is CCCCCCCCCCCCCCCCc1cccc(C(C)(Cl)CC)c1C. The molecule has 1 heteroatoms. The Balaban J connectivity index is 2.06. The van der Waals surface area contributed by atoms with Crippen LogP contribution in [0.25, 0.3) is 0 Å². The van der Waals surface area contributed by atoms with Crippen LogP contribution in [0.2, 0.25) is 0 Å². The molecule has 0 heterocycles. The van der Waals surface area contributed by atoms with Crippen molar-refractivity contribution in [3.8, 4) is 0 Å². The average molecular weight is 407 g/mol. The van der Waals surface area contributed by atoms with E-state index in [1.807, 2.05) is 0 Å². The van der Waals surface area contributed by atoms with Crippen LogP contribution in [0.1, 0.15) is 134 Å². The molecule has 28 heavy (non-hydrogen) atoms. The number of hydrogen-bond donors (Lipinski definition) is 0. The van der Waals surface area contributed by atoms with E-state index in [0.29, 0.717) is 0 Å². The van der Waals surface area contributed by atoms with Crippen LogP contribution in [0, 0.1) is 6.92 Å². The van der Waals surface area contributed by atoms with Crippen molar-refractivity contribution < 1.29 is 0 Å². The fourth-order valence-corrected chi connectivity index (χ4v) is 4.42. The molecule has 0 saturated heterocycles. The summed E-state index contributed by atoms with van der Waals surface area (Å²) in [6.45, 7) is 8.87. The van der Waals surface area contributed by atoms with Crippen LogP contribution in [0.3, 0.4) is 0 Å². The van der Waals surface area contributed by atoms with Crippen LogP contribution >= 0.6 is 11.6 Å². The number of benzene rings is 1. The molecule has 0 fully saturated rings. The topological polar surface area (TPSA) is 0 Å². The fraction of sp³-hybridized carbons (Fsp3) is 0.778. The maximum atomic E-state index is 6.72. The Morgan fingerprint density at radius 3 is 1.64 bits per heavy atom. The predicted molar refractivity (Wildman–Crippen MR) is 129 cm³/mol. The molecule has 1 aromatic rings.